The molecule has 96 valence electrons. The first-order valence-electron chi connectivity index (χ1n) is 6.05. The van der Waals surface area contributed by atoms with Crippen LogP contribution in [0.2, 0.25) is 0 Å². The van der Waals surface area contributed by atoms with Crippen LogP contribution in [0.4, 0.5) is 0 Å². The first kappa shape index (κ1) is 12.9. The number of nitriles is 1. The predicted molar refractivity (Wildman–Crippen MR) is 73.1 cm³/mol. The van der Waals surface area contributed by atoms with E-state index in [0.29, 0.717) is 18.5 Å². The number of aryl methyl sites for hydroxylation is 1. The molecule has 4 heteroatoms. The van der Waals surface area contributed by atoms with Crippen LogP contribution in [0.5, 0.6) is 0 Å². The van der Waals surface area contributed by atoms with Crippen molar-refractivity contribution in [2.75, 3.05) is 0 Å². The Balaban J connectivity index is 2.20. The van der Waals surface area contributed by atoms with Gasteiger partial charge >= 0.3 is 0 Å². The topological polar surface area (TPSA) is 71.8 Å². The number of nitrogens with zero attached hydrogens (tertiary/aromatic N) is 2. The van der Waals surface area contributed by atoms with Gasteiger partial charge in [0.1, 0.15) is 11.8 Å². The smallest absolute Gasteiger partial charge is 0.217 e. The van der Waals surface area contributed by atoms with E-state index >= 15 is 0 Å². The monoisotopic (exact) mass is 253 g/mol. The number of nitrogens with two attached hydrogens (primary N) is 1. The molecule has 0 radical (unpaired) electrons. The van der Waals surface area contributed by atoms with E-state index in [2.05, 4.69) is 6.07 Å². The van der Waals surface area contributed by atoms with Crippen LogP contribution in [-0.2, 0) is 18.3 Å². The lowest BCUT2D eigenvalue weighted by Crippen LogP contribution is -2.11. The Morgan fingerprint density at radius 1 is 1.26 bits per heavy atom. The highest BCUT2D eigenvalue weighted by atomic mass is 16.1. The van der Waals surface area contributed by atoms with Crippen molar-refractivity contribution in [3.05, 3.63) is 47.7 Å². The highest BCUT2D eigenvalue weighted by Gasteiger charge is 2.06. The zero-order valence-corrected chi connectivity index (χ0v) is 10.8. The summed E-state index contributed by atoms with van der Waals surface area (Å²) in [6.45, 7) is 0. The van der Waals surface area contributed by atoms with Crippen LogP contribution >= 0.6 is 0 Å². The van der Waals surface area contributed by atoms with Crippen molar-refractivity contribution in [2.45, 2.75) is 12.8 Å². The minimum absolute atomic E-state index is 0.287. The average Bonchev–Trinajstić information content (AvgIpc) is 2.78. The summed E-state index contributed by atoms with van der Waals surface area (Å²) in [5, 5.41) is 8.93. The Morgan fingerprint density at radius 3 is 2.47 bits per heavy atom. The minimum atomic E-state index is -0.287. The lowest BCUT2D eigenvalue weighted by atomic mass is 10.1. The van der Waals surface area contributed by atoms with Gasteiger partial charge in [0.05, 0.1) is 0 Å². The van der Waals surface area contributed by atoms with Crippen molar-refractivity contribution in [3.8, 4) is 17.3 Å². The first-order chi connectivity index (χ1) is 9.11. The molecule has 0 unspecified atom stereocenters. The fraction of sp³-hybridized carbons (Fsp3) is 0.200. The fourth-order valence-electron chi connectivity index (χ4n) is 2.02. The molecule has 0 fully saturated rings. The number of aromatic nitrogens is 1. The van der Waals surface area contributed by atoms with E-state index in [1.54, 1.807) is 6.07 Å². The Labute approximate surface area is 112 Å². The zero-order chi connectivity index (χ0) is 13.8. The number of amides is 1. The quantitative estimate of drug-likeness (QED) is 0.905. The molecule has 2 N–H and O–H groups in total. The number of rotatable bonds is 4. The number of primary amides is 1. The molecular formula is C15H15N3O. The third kappa shape index (κ3) is 2.83. The molecule has 1 heterocycles. The van der Waals surface area contributed by atoms with E-state index in [4.69, 9.17) is 11.0 Å². The van der Waals surface area contributed by atoms with Crippen LogP contribution < -0.4 is 5.73 Å². The number of carbonyl (C=O) groups is 1. The zero-order valence-electron chi connectivity index (χ0n) is 10.8. The molecule has 19 heavy (non-hydrogen) atoms. The molecule has 4 nitrogen and oxygen atoms in total. The van der Waals surface area contributed by atoms with Gasteiger partial charge in [-0.05, 0) is 29.7 Å². The lowest BCUT2D eigenvalue weighted by molar-refractivity contribution is -0.117. The van der Waals surface area contributed by atoms with Gasteiger partial charge in [-0.3, -0.25) is 4.79 Å². The Morgan fingerprint density at radius 2 is 1.95 bits per heavy atom. The van der Waals surface area contributed by atoms with E-state index < -0.39 is 0 Å². The summed E-state index contributed by atoms with van der Waals surface area (Å²) in [6.07, 6.45) is 1.02. The summed E-state index contributed by atoms with van der Waals surface area (Å²) in [4.78, 5) is 10.7. The van der Waals surface area contributed by atoms with Crippen molar-refractivity contribution in [3.63, 3.8) is 0 Å². The molecule has 0 saturated heterocycles. The molecular weight excluding hydrogens is 238 g/mol. The van der Waals surface area contributed by atoms with Gasteiger partial charge in [0.15, 0.2) is 0 Å². The first-order valence-corrected chi connectivity index (χ1v) is 6.05. The third-order valence-electron chi connectivity index (χ3n) is 3.15. The van der Waals surface area contributed by atoms with Crippen LogP contribution in [-0.4, -0.2) is 10.5 Å². The van der Waals surface area contributed by atoms with E-state index in [1.807, 2.05) is 41.9 Å². The van der Waals surface area contributed by atoms with Crippen molar-refractivity contribution in [1.82, 2.24) is 4.57 Å². The van der Waals surface area contributed by atoms with Crippen LogP contribution in [0.15, 0.2) is 36.4 Å². The van der Waals surface area contributed by atoms with E-state index in [0.717, 1.165) is 16.8 Å². The summed E-state index contributed by atoms with van der Waals surface area (Å²) in [5.41, 5.74) is 8.89. The van der Waals surface area contributed by atoms with Gasteiger partial charge in [0.2, 0.25) is 5.91 Å². The van der Waals surface area contributed by atoms with E-state index in [-0.39, 0.29) is 5.91 Å². The van der Waals surface area contributed by atoms with Gasteiger partial charge in [-0.25, -0.2) is 0 Å². The predicted octanol–water partition coefficient (Wildman–Crippen LogP) is 1.98. The molecule has 0 aliphatic carbocycles. The van der Waals surface area contributed by atoms with Crippen molar-refractivity contribution < 1.29 is 4.79 Å². The fourth-order valence-corrected chi connectivity index (χ4v) is 2.02. The molecule has 1 amide bonds. The van der Waals surface area contributed by atoms with Crippen molar-refractivity contribution in [1.29, 1.82) is 5.26 Å². The molecule has 1 aromatic carbocycles. The molecule has 0 spiro atoms. The minimum Gasteiger partial charge on any atom is -0.370 e. The standard InChI is InChI=1S/C15H15N3O/c1-18-13(10-16)7-8-14(18)12-5-2-11(3-6-12)4-9-15(17)19/h2-3,5-8H,4,9H2,1H3,(H2,17,19). The highest BCUT2D eigenvalue weighted by molar-refractivity contribution is 5.74. The second kappa shape index (κ2) is 5.40. The van der Waals surface area contributed by atoms with E-state index in [9.17, 15) is 4.79 Å². The summed E-state index contributed by atoms with van der Waals surface area (Å²) in [7, 11) is 1.87. The maximum atomic E-state index is 10.7. The molecule has 0 atom stereocenters. The second-order valence-corrected chi connectivity index (χ2v) is 4.44. The Bertz CT molecular complexity index is 632. The molecule has 0 aliphatic rings. The second-order valence-electron chi connectivity index (χ2n) is 4.44. The molecule has 0 saturated carbocycles. The lowest BCUT2D eigenvalue weighted by Gasteiger charge is -2.06. The van der Waals surface area contributed by atoms with Gasteiger partial charge < -0.3 is 10.3 Å². The van der Waals surface area contributed by atoms with E-state index in [1.165, 1.54) is 0 Å². The van der Waals surface area contributed by atoms with Gasteiger partial charge in [-0.15, -0.1) is 0 Å². The van der Waals surface area contributed by atoms with Crippen molar-refractivity contribution >= 4 is 5.91 Å². The summed E-state index contributed by atoms with van der Waals surface area (Å²) >= 11 is 0. The molecule has 0 aliphatic heterocycles. The maximum Gasteiger partial charge on any atom is 0.217 e. The molecule has 2 rings (SSSR count). The maximum absolute atomic E-state index is 10.7. The van der Waals surface area contributed by atoms with Crippen molar-refractivity contribution in [2.24, 2.45) is 12.8 Å². The highest BCUT2D eigenvalue weighted by Crippen LogP contribution is 2.22. The number of carbonyl (C=O) groups excluding carboxylic acids is 1. The number of hydrogen-bond donors (Lipinski definition) is 1. The largest absolute Gasteiger partial charge is 0.370 e. The van der Waals surface area contributed by atoms with Gasteiger partial charge in [-0.2, -0.15) is 5.26 Å². The summed E-state index contributed by atoms with van der Waals surface area (Å²) in [5.74, 6) is -0.287. The van der Waals surface area contributed by atoms with Crippen LogP contribution in [0.3, 0.4) is 0 Å². The van der Waals surface area contributed by atoms with Gasteiger partial charge in [-0.1, -0.05) is 24.3 Å². The molecule has 0 bridgehead atoms. The van der Waals surface area contributed by atoms with Gasteiger partial charge in [0, 0.05) is 19.2 Å². The molecule has 2 aromatic rings. The normalized spacial score (nSPS) is 10.1. The Kier molecular flexibility index (Phi) is 3.67. The van der Waals surface area contributed by atoms with Crippen LogP contribution in [0, 0.1) is 11.3 Å². The number of hydrogen-bond acceptors (Lipinski definition) is 2. The summed E-state index contributed by atoms with van der Waals surface area (Å²) < 4.78 is 1.86. The van der Waals surface area contributed by atoms with Crippen LogP contribution in [0.25, 0.3) is 11.3 Å². The molecule has 1 aromatic heterocycles. The summed E-state index contributed by atoms with van der Waals surface area (Å²) in [6, 6.07) is 13.8. The van der Waals surface area contributed by atoms with Gasteiger partial charge in [0.25, 0.3) is 0 Å². The third-order valence-corrected chi connectivity index (χ3v) is 3.15. The number of benzene rings is 1. The Hall–Kier alpha value is -2.54. The van der Waals surface area contributed by atoms with Crippen LogP contribution in [0.1, 0.15) is 17.7 Å². The SMILES string of the molecule is Cn1c(C#N)ccc1-c1ccc(CCC(N)=O)cc1. The average molecular weight is 253 g/mol.